The van der Waals surface area contributed by atoms with E-state index >= 15 is 0 Å². The number of pyridine rings is 1. The minimum Gasteiger partial charge on any atom is -0.497 e. The van der Waals surface area contributed by atoms with E-state index in [4.69, 9.17) is 4.74 Å². The Labute approximate surface area is 125 Å². The van der Waals surface area contributed by atoms with Gasteiger partial charge in [-0.05, 0) is 55.4 Å². The van der Waals surface area contributed by atoms with Gasteiger partial charge < -0.3 is 4.74 Å². The van der Waals surface area contributed by atoms with E-state index < -0.39 is 0 Å². The van der Waals surface area contributed by atoms with E-state index in [9.17, 15) is 4.79 Å². The van der Waals surface area contributed by atoms with E-state index in [0.29, 0.717) is 12.1 Å². The number of ether oxygens (including phenoxy) is 1. The normalized spacial score (nSPS) is 10.6. The first-order chi connectivity index (χ1) is 10.2. The molecule has 0 N–H and O–H groups in total. The summed E-state index contributed by atoms with van der Waals surface area (Å²) in [6, 6.07) is 11.2. The lowest BCUT2D eigenvalue weighted by molar-refractivity contribution is 0.0947. The Balaban J connectivity index is 1.83. The van der Waals surface area contributed by atoms with E-state index in [0.717, 1.165) is 18.7 Å². The van der Waals surface area contributed by atoms with Crippen LogP contribution in [0.2, 0.25) is 0 Å². The molecular formula is C17H20N2O2. The Morgan fingerprint density at radius 3 is 2.43 bits per heavy atom. The summed E-state index contributed by atoms with van der Waals surface area (Å²) in [4.78, 5) is 18.2. The van der Waals surface area contributed by atoms with Crippen molar-refractivity contribution in [1.29, 1.82) is 0 Å². The van der Waals surface area contributed by atoms with Crippen LogP contribution >= 0.6 is 0 Å². The van der Waals surface area contributed by atoms with Gasteiger partial charge in [-0.25, -0.2) is 0 Å². The fraction of sp³-hybridized carbons (Fsp3) is 0.294. The molecule has 0 aliphatic rings. The lowest BCUT2D eigenvalue weighted by atomic mass is 10.1. The van der Waals surface area contributed by atoms with E-state index in [1.165, 1.54) is 5.56 Å². The molecule has 110 valence electrons. The van der Waals surface area contributed by atoms with Gasteiger partial charge in [0.15, 0.2) is 5.78 Å². The second-order valence-electron chi connectivity index (χ2n) is 4.99. The maximum Gasteiger partial charge on any atom is 0.176 e. The highest BCUT2D eigenvalue weighted by Gasteiger charge is 2.09. The minimum atomic E-state index is 0.120. The molecule has 21 heavy (non-hydrogen) atoms. The lowest BCUT2D eigenvalue weighted by Crippen LogP contribution is -2.28. The molecule has 0 unspecified atom stereocenters. The number of likely N-dealkylation sites (N-methyl/N-ethyl adjacent to an activating group) is 1. The van der Waals surface area contributed by atoms with Gasteiger partial charge in [-0.15, -0.1) is 0 Å². The number of hydrogen-bond acceptors (Lipinski definition) is 4. The predicted molar refractivity (Wildman–Crippen MR) is 82.8 cm³/mol. The number of carbonyl (C=O) groups excluding carboxylic acids is 1. The van der Waals surface area contributed by atoms with Gasteiger partial charge in [0.25, 0.3) is 0 Å². The number of methoxy groups -OCH3 is 1. The van der Waals surface area contributed by atoms with Gasteiger partial charge >= 0.3 is 0 Å². The summed E-state index contributed by atoms with van der Waals surface area (Å²) in [6.07, 6.45) is 4.49. The average molecular weight is 284 g/mol. The van der Waals surface area contributed by atoms with Crippen LogP contribution in [0.25, 0.3) is 0 Å². The molecule has 0 radical (unpaired) electrons. The fourth-order valence-corrected chi connectivity index (χ4v) is 2.06. The van der Waals surface area contributed by atoms with Crippen LogP contribution < -0.4 is 4.74 Å². The Kier molecular flexibility index (Phi) is 5.46. The summed E-state index contributed by atoms with van der Waals surface area (Å²) in [6.45, 7) is 1.25. The van der Waals surface area contributed by atoms with Gasteiger partial charge in [0.2, 0.25) is 0 Å². The Hall–Kier alpha value is -2.20. The van der Waals surface area contributed by atoms with Crippen LogP contribution in [-0.2, 0) is 6.42 Å². The van der Waals surface area contributed by atoms with Crippen molar-refractivity contribution in [2.45, 2.75) is 6.42 Å². The quantitative estimate of drug-likeness (QED) is 0.732. The highest BCUT2D eigenvalue weighted by molar-refractivity contribution is 5.97. The Morgan fingerprint density at radius 1 is 1.14 bits per heavy atom. The summed E-state index contributed by atoms with van der Waals surface area (Å²) in [5, 5.41) is 0. The van der Waals surface area contributed by atoms with Crippen molar-refractivity contribution < 1.29 is 9.53 Å². The first kappa shape index (κ1) is 15.2. The smallest absolute Gasteiger partial charge is 0.176 e. The van der Waals surface area contributed by atoms with E-state index in [1.807, 2.05) is 36.2 Å². The zero-order valence-electron chi connectivity index (χ0n) is 12.5. The molecule has 0 fully saturated rings. The molecule has 1 heterocycles. The number of nitrogens with zero attached hydrogens (tertiary/aromatic N) is 2. The Bertz CT molecular complexity index is 567. The second kappa shape index (κ2) is 7.55. The van der Waals surface area contributed by atoms with Gasteiger partial charge in [-0.3, -0.25) is 14.7 Å². The molecule has 0 spiro atoms. The van der Waals surface area contributed by atoms with Gasteiger partial charge in [0, 0.05) is 24.5 Å². The monoisotopic (exact) mass is 284 g/mol. The van der Waals surface area contributed by atoms with Crippen molar-refractivity contribution >= 4 is 5.78 Å². The van der Waals surface area contributed by atoms with Crippen molar-refractivity contribution in [3.05, 3.63) is 59.9 Å². The van der Waals surface area contributed by atoms with Crippen molar-refractivity contribution in [2.24, 2.45) is 0 Å². The summed E-state index contributed by atoms with van der Waals surface area (Å²) in [7, 11) is 3.58. The van der Waals surface area contributed by atoms with Crippen molar-refractivity contribution in [2.75, 3.05) is 27.2 Å². The van der Waals surface area contributed by atoms with Crippen molar-refractivity contribution in [3.63, 3.8) is 0 Å². The highest BCUT2D eigenvalue weighted by Crippen LogP contribution is 2.12. The molecule has 0 saturated carbocycles. The molecule has 0 bridgehead atoms. The second-order valence-corrected chi connectivity index (χ2v) is 4.99. The summed E-state index contributed by atoms with van der Waals surface area (Å²) < 4.78 is 5.09. The van der Waals surface area contributed by atoms with Crippen molar-refractivity contribution in [3.8, 4) is 5.75 Å². The van der Waals surface area contributed by atoms with Crippen LogP contribution in [-0.4, -0.2) is 42.9 Å². The van der Waals surface area contributed by atoms with Crippen LogP contribution in [0.15, 0.2) is 48.8 Å². The summed E-state index contributed by atoms with van der Waals surface area (Å²) in [5.41, 5.74) is 1.94. The van der Waals surface area contributed by atoms with Crippen LogP contribution in [0.3, 0.4) is 0 Å². The van der Waals surface area contributed by atoms with Gasteiger partial charge in [0.1, 0.15) is 5.75 Å². The zero-order valence-corrected chi connectivity index (χ0v) is 12.5. The number of benzene rings is 1. The molecule has 1 aromatic heterocycles. The molecule has 0 aliphatic carbocycles. The number of carbonyl (C=O) groups is 1. The third-order valence-electron chi connectivity index (χ3n) is 3.36. The lowest BCUT2D eigenvalue weighted by Gasteiger charge is -2.15. The molecule has 0 amide bonds. The number of Topliss-reactive ketones (excluding diaryl/α,β-unsaturated/α-hetero) is 1. The van der Waals surface area contributed by atoms with Gasteiger partial charge in [-0.1, -0.05) is 0 Å². The third-order valence-corrected chi connectivity index (χ3v) is 3.36. The van der Waals surface area contributed by atoms with E-state index in [2.05, 4.69) is 4.98 Å². The fourth-order valence-electron chi connectivity index (χ4n) is 2.06. The van der Waals surface area contributed by atoms with Gasteiger partial charge in [0.05, 0.1) is 13.7 Å². The molecule has 4 nitrogen and oxygen atoms in total. The number of ketones is 1. The zero-order chi connectivity index (χ0) is 15.1. The topological polar surface area (TPSA) is 42.4 Å². The molecule has 2 aromatic rings. The predicted octanol–water partition coefficient (Wildman–Crippen LogP) is 2.45. The number of rotatable bonds is 7. The van der Waals surface area contributed by atoms with Crippen LogP contribution in [0.5, 0.6) is 5.75 Å². The molecule has 1 aromatic carbocycles. The number of hydrogen-bond donors (Lipinski definition) is 0. The molecule has 2 rings (SSSR count). The average Bonchev–Trinajstić information content (AvgIpc) is 2.54. The van der Waals surface area contributed by atoms with Crippen LogP contribution in [0.1, 0.15) is 15.9 Å². The minimum absolute atomic E-state index is 0.120. The maximum absolute atomic E-state index is 12.2. The molecule has 0 saturated heterocycles. The SMILES string of the molecule is COc1ccc(C(=O)CN(C)CCc2ccncc2)cc1. The maximum atomic E-state index is 12.2. The summed E-state index contributed by atoms with van der Waals surface area (Å²) in [5.74, 6) is 0.882. The molecule has 4 heteroatoms. The Morgan fingerprint density at radius 2 is 1.81 bits per heavy atom. The first-order valence-electron chi connectivity index (χ1n) is 6.94. The molecule has 0 aliphatic heterocycles. The van der Waals surface area contributed by atoms with Crippen LogP contribution in [0.4, 0.5) is 0 Å². The summed E-state index contributed by atoms with van der Waals surface area (Å²) >= 11 is 0. The molecular weight excluding hydrogens is 264 g/mol. The third kappa shape index (κ3) is 4.68. The van der Waals surface area contributed by atoms with Gasteiger partial charge in [-0.2, -0.15) is 0 Å². The standard InChI is InChI=1S/C17H20N2O2/c1-19(12-9-14-7-10-18-11-8-14)13-17(20)15-3-5-16(21-2)6-4-15/h3-8,10-11H,9,12-13H2,1-2H3. The first-order valence-corrected chi connectivity index (χ1v) is 6.94. The molecule has 0 atom stereocenters. The largest absolute Gasteiger partial charge is 0.497 e. The number of aromatic nitrogens is 1. The van der Waals surface area contributed by atoms with E-state index in [1.54, 1.807) is 31.6 Å². The van der Waals surface area contributed by atoms with E-state index in [-0.39, 0.29) is 5.78 Å². The highest BCUT2D eigenvalue weighted by atomic mass is 16.5. The van der Waals surface area contributed by atoms with Crippen LogP contribution in [0, 0.1) is 0 Å². The van der Waals surface area contributed by atoms with Crippen molar-refractivity contribution in [1.82, 2.24) is 9.88 Å².